The molecule has 0 radical (unpaired) electrons. The van der Waals surface area contributed by atoms with Crippen LogP contribution in [0.3, 0.4) is 0 Å². The van der Waals surface area contributed by atoms with Crippen molar-refractivity contribution in [2.24, 2.45) is 14.1 Å². The van der Waals surface area contributed by atoms with Crippen molar-refractivity contribution in [2.75, 3.05) is 24.6 Å². The lowest BCUT2D eigenvalue weighted by atomic mass is 10.1. The Bertz CT molecular complexity index is 1480. The van der Waals surface area contributed by atoms with Crippen molar-refractivity contribution < 1.29 is 13.5 Å². The molecule has 4 aromatic rings. The smallest absolute Gasteiger partial charge is 0.263 e. The lowest BCUT2D eigenvalue weighted by Gasteiger charge is -2.33. The highest BCUT2D eigenvalue weighted by atomic mass is 35.5. The predicted molar refractivity (Wildman–Crippen MR) is 124 cm³/mol. The van der Waals surface area contributed by atoms with Gasteiger partial charge >= 0.3 is 0 Å². The minimum atomic E-state index is -1.19. The second-order valence-electron chi connectivity index (χ2n) is 8.22. The third-order valence-corrected chi connectivity index (χ3v) is 6.34. The van der Waals surface area contributed by atoms with Crippen LogP contribution < -0.4 is 10.5 Å². The van der Waals surface area contributed by atoms with Gasteiger partial charge in [-0.1, -0.05) is 11.6 Å². The van der Waals surface area contributed by atoms with Crippen LogP contribution in [0.1, 0.15) is 17.5 Å². The summed E-state index contributed by atoms with van der Waals surface area (Å²) in [7, 11) is 3.40. The van der Waals surface area contributed by atoms with Gasteiger partial charge in [0.2, 0.25) is 0 Å². The molecule has 0 amide bonds. The zero-order chi connectivity index (χ0) is 24.1. The van der Waals surface area contributed by atoms with Crippen LogP contribution in [-0.2, 0) is 18.8 Å². The number of rotatable bonds is 3. The minimum absolute atomic E-state index is 0.0121. The molecule has 1 aliphatic rings. The molecule has 11 heteroatoms. The number of halogens is 3. The molecule has 5 rings (SSSR count). The SMILES string of the molecule is Cc1nc2cc(N3CCOC(c4cnn(C)c4)C3)nc(-c3ccc(Cl)c(F)c3F)c2c(=O)n1C. The maximum Gasteiger partial charge on any atom is 0.263 e. The summed E-state index contributed by atoms with van der Waals surface area (Å²) in [6, 6.07) is 4.27. The molecule has 0 bridgehead atoms. The first kappa shape index (κ1) is 22.4. The molecule has 3 aromatic heterocycles. The number of fused-ring (bicyclic) bond motifs is 1. The van der Waals surface area contributed by atoms with Crippen molar-refractivity contribution in [3.05, 3.63) is 69.0 Å². The second kappa shape index (κ2) is 8.44. The fraction of sp³-hybridized carbons (Fsp3) is 0.304. The van der Waals surface area contributed by atoms with Crippen molar-refractivity contribution in [3.63, 3.8) is 0 Å². The molecule has 1 aliphatic heterocycles. The average Bonchev–Trinajstić information content (AvgIpc) is 3.27. The number of benzene rings is 1. The van der Waals surface area contributed by atoms with Gasteiger partial charge in [0.25, 0.3) is 5.56 Å². The highest BCUT2D eigenvalue weighted by Gasteiger charge is 2.27. The fourth-order valence-electron chi connectivity index (χ4n) is 4.11. The number of nitrogens with zero attached hydrogens (tertiary/aromatic N) is 6. The van der Waals surface area contributed by atoms with E-state index in [-0.39, 0.29) is 27.8 Å². The molecule has 0 saturated carbocycles. The molecule has 1 atom stereocenters. The van der Waals surface area contributed by atoms with Crippen LogP contribution in [0, 0.1) is 18.6 Å². The van der Waals surface area contributed by atoms with Gasteiger partial charge in [-0.2, -0.15) is 5.10 Å². The molecule has 0 aliphatic carbocycles. The maximum absolute atomic E-state index is 15.0. The molecule has 0 N–H and O–H groups in total. The summed E-state index contributed by atoms with van der Waals surface area (Å²) in [5.41, 5.74) is 0.717. The first-order valence-corrected chi connectivity index (χ1v) is 11.0. The van der Waals surface area contributed by atoms with Crippen molar-refractivity contribution in [1.82, 2.24) is 24.3 Å². The molecule has 8 nitrogen and oxygen atoms in total. The molecule has 34 heavy (non-hydrogen) atoms. The highest BCUT2D eigenvalue weighted by Crippen LogP contribution is 2.34. The minimum Gasteiger partial charge on any atom is -0.370 e. The van der Waals surface area contributed by atoms with E-state index in [4.69, 9.17) is 16.3 Å². The standard InChI is InChI=1S/C23H21ClF2N6O2/c1-12-28-16-8-18(32-6-7-34-17(11-32)13-9-27-30(2)10-13)29-22(19(16)23(33)31(12)3)14-4-5-15(24)21(26)20(14)25/h4-5,8-10,17H,6-7,11H2,1-3H3. The predicted octanol–water partition coefficient (Wildman–Crippen LogP) is 3.55. The monoisotopic (exact) mass is 486 g/mol. The lowest BCUT2D eigenvalue weighted by molar-refractivity contribution is 0.0395. The van der Waals surface area contributed by atoms with E-state index in [1.54, 1.807) is 30.9 Å². The first-order valence-electron chi connectivity index (χ1n) is 10.6. The van der Waals surface area contributed by atoms with Crippen LogP contribution in [0.15, 0.2) is 35.4 Å². The molecular weight excluding hydrogens is 466 g/mol. The van der Waals surface area contributed by atoms with Crippen molar-refractivity contribution >= 4 is 28.3 Å². The number of ether oxygens (including phenoxy) is 1. The summed E-state index contributed by atoms with van der Waals surface area (Å²) in [4.78, 5) is 24.3. The van der Waals surface area contributed by atoms with Gasteiger partial charge in [0, 0.05) is 50.6 Å². The molecule has 1 aromatic carbocycles. The summed E-state index contributed by atoms with van der Waals surface area (Å²) < 4.78 is 38.3. The van der Waals surface area contributed by atoms with Gasteiger partial charge in [-0.25, -0.2) is 18.7 Å². The van der Waals surface area contributed by atoms with E-state index in [0.717, 1.165) is 5.56 Å². The first-order chi connectivity index (χ1) is 16.2. The van der Waals surface area contributed by atoms with Crippen LogP contribution in [0.2, 0.25) is 5.02 Å². The van der Waals surface area contributed by atoms with Gasteiger partial charge in [-0.15, -0.1) is 0 Å². The number of hydrogen-bond acceptors (Lipinski definition) is 6. The number of aromatic nitrogens is 5. The van der Waals surface area contributed by atoms with Gasteiger partial charge in [0.15, 0.2) is 11.6 Å². The third-order valence-electron chi connectivity index (χ3n) is 6.05. The normalized spacial score (nSPS) is 16.4. The summed E-state index contributed by atoms with van der Waals surface area (Å²) in [6.07, 6.45) is 3.38. The molecular formula is C23H21ClF2N6O2. The summed E-state index contributed by atoms with van der Waals surface area (Å²) in [5.74, 6) is -1.40. The van der Waals surface area contributed by atoms with E-state index in [2.05, 4.69) is 15.1 Å². The zero-order valence-corrected chi connectivity index (χ0v) is 19.5. The van der Waals surface area contributed by atoms with Crippen LogP contribution in [0.4, 0.5) is 14.6 Å². The Kier molecular flexibility index (Phi) is 5.57. The van der Waals surface area contributed by atoms with Crippen LogP contribution >= 0.6 is 11.6 Å². The van der Waals surface area contributed by atoms with Gasteiger partial charge in [0.05, 0.1) is 34.4 Å². The Balaban J connectivity index is 1.69. The molecule has 1 fully saturated rings. The van der Waals surface area contributed by atoms with E-state index < -0.39 is 17.2 Å². The molecule has 176 valence electrons. The molecule has 0 spiro atoms. The van der Waals surface area contributed by atoms with Gasteiger partial charge in [-0.3, -0.25) is 14.0 Å². The maximum atomic E-state index is 15.0. The Morgan fingerprint density at radius 3 is 2.71 bits per heavy atom. The van der Waals surface area contributed by atoms with Gasteiger partial charge in [-0.05, 0) is 19.1 Å². The van der Waals surface area contributed by atoms with Crippen molar-refractivity contribution in [1.29, 1.82) is 0 Å². The highest BCUT2D eigenvalue weighted by molar-refractivity contribution is 6.30. The van der Waals surface area contributed by atoms with Crippen molar-refractivity contribution in [2.45, 2.75) is 13.0 Å². The zero-order valence-electron chi connectivity index (χ0n) is 18.7. The number of morpholine rings is 1. The van der Waals surface area contributed by atoms with E-state index in [0.29, 0.717) is 36.9 Å². The fourth-order valence-corrected chi connectivity index (χ4v) is 4.26. The Labute approximate surface area is 198 Å². The summed E-state index contributed by atoms with van der Waals surface area (Å²) in [6.45, 7) is 3.12. The second-order valence-corrected chi connectivity index (χ2v) is 8.63. The van der Waals surface area contributed by atoms with Crippen LogP contribution in [-0.4, -0.2) is 44.0 Å². The van der Waals surface area contributed by atoms with Gasteiger partial charge in [0.1, 0.15) is 17.7 Å². The largest absolute Gasteiger partial charge is 0.370 e. The van der Waals surface area contributed by atoms with Crippen molar-refractivity contribution in [3.8, 4) is 11.3 Å². The number of anilines is 1. The Hall–Kier alpha value is -3.37. The average molecular weight is 487 g/mol. The lowest BCUT2D eigenvalue weighted by Crippen LogP contribution is -2.39. The van der Waals surface area contributed by atoms with E-state index in [9.17, 15) is 13.6 Å². The Morgan fingerprint density at radius 1 is 1.18 bits per heavy atom. The molecule has 1 saturated heterocycles. The Morgan fingerprint density at radius 2 is 1.97 bits per heavy atom. The van der Waals surface area contributed by atoms with Crippen LogP contribution in [0.25, 0.3) is 22.2 Å². The number of hydrogen-bond donors (Lipinski definition) is 0. The third kappa shape index (κ3) is 3.72. The number of pyridine rings is 1. The van der Waals surface area contributed by atoms with Crippen LogP contribution in [0.5, 0.6) is 0 Å². The number of aryl methyl sites for hydroxylation is 2. The van der Waals surface area contributed by atoms with Gasteiger partial charge < -0.3 is 9.64 Å². The van der Waals surface area contributed by atoms with E-state index in [1.807, 2.05) is 18.1 Å². The summed E-state index contributed by atoms with van der Waals surface area (Å²) in [5, 5.41) is 3.96. The van der Waals surface area contributed by atoms with E-state index >= 15 is 0 Å². The quantitative estimate of drug-likeness (QED) is 0.412. The van der Waals surface area contributed by atoms with E-state index in [1.165, 1.54) is 16.7 Å². The summed E-state index contributed by atoms with van der Waals surface area (Å²) >= 11 is 5.76. The molecule has 4 heterocycles. The molecule has 1 unspecified atom stereocenters. The topological polar surface area (TPSA) is 78.1 Å².